The minimum absolute atomic E-state index is 0.181. The Labute approximate surface area is 301 Å². The van der Waals surface area contributed by atoms with Crippen molar-refractivity contribution in [2.24, 2.45) is 0 Å². The first kappa shape index (κ1) is 54.7. The van der Waals surface area contributed by atoms with Crippen molar-refractivity contribution in [1.82, 2.24) is 27.1 Å². The first-order valence-electron chi connectivity index (χ1n) is 13.8. The van der Waals surface area contributed by atoms with Crippen molar-refractivity contribution in [3.8, 4) is 0 Å². The molecule has 0 heterocycles. The lowest BCUT2D eigenvalue weighted by molar-refractivity contribution is 0.520. The van der Waals surface area contributed by atoms with Gasteiger partial charge in [-0.1, -0.05) is 36.4 Å². The second-order valence-corrected chi connectivity index (χ2v) is 22.4. The lowest BCUT2D eigenvalue weighted by Gasteiger charge is -2.10. The highest BCUT2D eigenvalue weighted by molar-refractivity contribution is 7.90. The van der Waals surface area contributed by atoms with Gasteiger partial charge in [-0.05, 0) is 52.3 Å². The first-order chi connectivity index (χ1) is 22.3. The Hall–Kier alpha value is -2.10. The summed E-state index contributed by atoms with van der Waals surface area (Å²) < 4.78 is 136. The highest BCUT2D eigenvalue weighted by Gasteiger charge is 2.15. The van der Waals surface area contributed by atoms with E-state index in [-0.39, 0.29) is 5.75 Å². The third-order valence-electron chi connectivity index (χ3n) is 5.17. The Balaban J connectivity index is -0.000000260. The zero-order chi connectivity index (χ0) is 40.8. The highest BCUT2D eigenvalue weighted by Crippen LogP contribution is 2.11. The molecular formula is C26H54N6O12S6. The summed E-state index contributed by atoms with van der Waals surface area (Å²) in [6.07, 6.45) is 3.37. The molecule has 0 aliphatic carbocycles. The molecular weight excluding hydrogens is 781 g/mol. The van der Waals surface area contributed by atoms with Crippen molar-refractivity contribution in [3.63, 3.8) is 0 Å². The quantitative estimate of drug-likeness (QED) is 0.283. The van der Waals surface area contributed by atoms with E-state index in [1.54, 1.807) is 67.6 Å². The van der Waals surface area contributed by atoms with E-state index in [9.17, 15) is 50.5 Å². The number of hydrogen-bond donors (Lipinski definition) is 3. The largest absolute Gasteiger partial charge is 0.242 e. The van der Waals surface area contributed by atoms with Crippen LogP contribution < -0.4 is 14.2 Å². The van der Waals surface area contributed by atoms with Crippen molar-refractivity contribution >= 4 is 60.1 Å². The third-order valence-corrected chi connectivity index (χ3v) is 13.1. The van der Waals surface area contributed by atoms with Crippen LogP contribution in [0.15, 0.2) is 70.5 Å². The van der Waals surface area contributed by atoms with E-state index in [0.717, 1.165) is 23.1 Å². The minimum atomic E-state index is -3.25. The molecule has 3 N–H and O–H groups in total. The topological polar surface area (TPSA) is 251 Å². The fourth-order valence-corrected chi connectivity index (χ4v) is 3.97. The van der Waals surface area contributed by atoms with Gasteiger partial charge in [-0.25, -0.2) is 77.6 Å². The molecule has 296 valence electrons. The minimum Gasteiger partial charge on any atom is -0.219 e. The average molecular weight is 835 g/mol. The van der Waals surface area contributed by atoms with Gasteiger partial charge in [0.1, 0.15) is 0 Å². The zero-order valence-corrected chi connectivity index (χ0v) is 35.6. The molecule has 50 heavy (non-hydrogen) atoms. The molecule has 0 aliphatic rings. The van der Waals surface area contributed by atoms with Crippen LogP contribution in [-0.4, -0.2) is 151 Å². The predicted molar refractivity (Wildman–Crippen MR) is 199 cm³/mol. The van der Waals surface area contributed by atoms with Crippen molar-refractivity contribution in [3.05, 3.63) is 60.7 Å². The predicted octanol–water partition coefficient (Wildman–Crippen LogP) is -0.732. The number of rotatable bonds is 9. The smallest absolute Gasteiger partial charge is 0.219 e. The Kier molecular flexibility index (Phi) is 27.3. The molecule has 0 aliphatic heterocycles. The molecule has 0 amide bonds. The Morgan fingerprint density at radius 1 is 0.480 bits per heavy atom. The fraction of sp³-hybridized carbons (Fsp3) is 0.538. The maximum atomic E-state index is 11.5. The summed E-state index contributed by atoms with van der Waals surface area (Å²) in [6, 6.07) is 16.6. The van der Waals surface area contributed by atoms with Gasteiger partial charge in [0.15, 0.2) is 0 Å². The van der Waals surface area contributed by atoms with Gasteiger partial charge in [-0.15, -0.1) is 0 Å². The van der Waals surface area contributed by atoms with E-state index in [0.29, 0.717) is 9.79 Å². The van der Waals surface area contributed by atoms with Gasteiger partial charge < -0.3 is 0 Å². The van der Waals surface area contributed by atoms with Crippen LogP contribution in [0.3, 0.4) is 0 Å². The fourth-order valence-electron chi connectivity index (χ4n) is 1.78. The van der Waals surface area contributed by atoms with Gasteiger partial charge in [-0.2, -0.15) is 0 Å². The molecule has 18 nitrogen and oxygen atoms in total. The maximum absolute atomic E-state index is 11.5. The van der Waals surface area contributed by atoms with E-state index < -0.39 is 60.1 Å². The van der Waals surface area contributed by atoms with Gasteiger partial charge in [0, 0.05) is 42.3 Å². The van der Waals surface area contributed by atoms with Crippen LogP contribution in [0.25, 0.3) is 0 Å². The van der Waals surface area contributed by atoms with Crippen LogP contribution in [0.4, 0.5) is 0 Å². The first-order valence-corrected chi connectivity index (χ1v) is 24.0. The maximum Gasteiger partial charge on any atom is 0.242 e. The van der Waals surface area contributed by atoms with E-state index in [4.69, 9.17) is 0 Å². The molecule has 2 rings (SSSR count). The SMILES string of the molecule is CCS(=O)(=O)N(C)C.CN(C)S(=O)(=O)c1ccccc1.CN(C)S(C)(=O)=O.CNS(=O)(=O)c1ccccc1.CNS(C)(=O)=O.CNS(C)(=O)=O. The van der Waals surface area contributed by atoms with Crippen molar-refractivity contribution < 1.29 is 50.5 Å². The van der Waals surface area contributed by atoms with Gasteiger partial charge in [0.05, 0.1) is 34.3 Å². The number of hydrogen-bond acceptors (Lipinski definition) is 12. The molecule has 0 fully saturated rings. The summed E-state index contributed by atoms with van der Waals surface area (Å²) in [5.74, 6) is 0.181. The third kappa shape index (κ3) is 29.6. The molecule has 0 atom stereocenters. The van der Waals surface area contributed by atoms with Crippen molar-refractivity contribution in [2.75, 3.05) is 87.9 Å². The Morgan fingerprint density at radius 2 is 0.760 bits per heavy atom. The van der Waals surface area contributed by atoms with Crippen LogP contribution in [0.2, 0.25) is 0 Å². The second kappa shape index (κ2) is 25.0. The highest BCUT2D eigenvalue weighted by atomic mass is 32.2. The molecule has 2 aromatic rings. The van der Waals surface area contributed by atoms with E-state index in [1.807, 2.05) is 0 Å². The lowest BCUT2D eigenvalue weighted by Crippen LogP contribution is -2.23. The van der Waals surface area contributed by atoms with Crippen LogP contribution in [0.5, 0.6) is 0 Å². The van der Waals surface area contributed by atoms with Crippen LogP contribution in [-0.2, 0) is 60.1 Å². The molecule has 0 aromatic heterocycles. The summed E-state index contributed by atoms with van der Waals surface area (Å²) in [6.45, 7) is 1.62. The molecule has 0 spiro atoms. The molecule has 0 bridgehead atoms. The molecule has 0 unspecified atom stereocenters. The summed E-state index contributed by atoms with van der Waals surface area (Å²) in [7, 11) is -4.92. The zero-order valence-electron chi connectivity index (χ0n) is 30.7. The average Bonchev–Trinajstić information content (AvgIpc) is 3.02. The van der Waals surface area contributed by atoms with Crippen molar-refractivity contribution in [1.29, 1.82) is 0 Å². The summed E-state index contributed by atoms with van der Waals surface area (Å²) in [5.41, 5.74) is 0. The van der Waals surface area contributed by atoms with Crippen LogP contribution in [0, 0.1) is 0 Å². The monoisotopic (exact) mass is 834 g/mol. The number of nitrogens with one attached hydrogen (secondary N) is 3. The van der Waals surface area contributed by atoms with E-state index in [1.165, 1.54) is 72.0 Å². The van der Waals surface area contributed by atoms with Crippen LogP contribution in [0.1, 0.15) is 6.92 Å². The summed E-state index contributed by atoms with van der Waals surface area (Å²) in [4.78, 5) is 0.623. The number of nitrogens with zero attached hydrogens (tertiary/aromatic N) is 3. The molecule has 0 saturated carbocycles. The van der Waals surface area contributed by atoms with Gasteiger partial charge in [-0.3, -0.25) is 0 Å². The summed E-state index contributed by atoms with van der Waals surface area (Å²) in [5, 5.41) is 0. The van der Waals surface area contributed by atoms with Crippen LogP contribution >= 0.6 is 0 Å². The molecule has 24 heteroatoms. The second-order valence-electron chi connectivity index (χ2n) is 9.80. The van der Waals surface area contributed by atoms with Gasteiger partial charge in [0.2, 0.25) is 60.1 Å². The number of benzene rings is 2. The van der Waals surface area contributed by atoms with Gasteiger partial charge in [0.25, 0.3) is 0 Å². The number of sulfonamides is 6. The molecule has 2 aromatic carbocycles. The Morgan fingerprint density at radius 3 is 0.920 bits per heavy atom. The Bertz CT molecular complexity index is 1840. The van der Waals surface area contributed by atoms with E-state index in [2.05, 4.69) is 14.2 Å². The lowest BCUT2D eigenvalue weighted by atomic mass is 10.4. The normalized spacial score (nSPS) is 11.9. The van der Waals surface area contributed by atoms with Gasteiger partial charge >= 0.3 is 0 Å². The van der Waals surface area contributed by atoms with E-state index >= 15 is 0 Å². The molecule has 0 radical (unpaired) electrons. The molecule has 0 saturated heterocycles. The summed E-state index contributed by atoms with van der Waals surface area (Å²) >= 11 is 0. The standard InChI is InChI=1S/C8H11NO2S.C7H9NO2S.C4H11NO2S.C3H9NO2S.2C2H7NO2S/c1-9(2)12(10,11)8-6-4-3-5-7-8;1-8-11(9,10)7-5-3-2-4-6-7;1-4-8(6,7)5(2)3;1-4(2)7(3,5)6;2*1-3-6(2,4)5/h3-7H,1-2H3;2-6,8H,1H3;4H2,1-3H3;1-3H3;2*3H,1-2H3. The van der Waals surface area contributed by atoms with Crippen molar-refractivity contribution in [2.45, 2.75) is 16.7 Å².